The van der Waals surface area contributed by atoms with Gasteiger partial charge in [-0.25, -0.2) is 4.79 Å². The second-order valence-electron chi connectivity index (χ2n) is 6.94. The van der Waals surface area contributed by atoms with Crippen LogP contribution in [-0.4, -0.2) is 51.4 Å². The molecule has 0 spiro atoms. The number of rotatable bonds is 2. The number of amides is 1. The maximum absolute atomic E-state index is 12.7. The summed E-state index contributed by atoms with van der Waals surface area (Å²) in [5.41, 5.74) is -0.582. The number of piperidine rings is 1. The van der Waals surface area contributed by atoms with E-state index in [4.69, 9.17) is 21.7 Å². The van der Waals surface area contributed by atoms with E-state index in [-0.39, 0.29) is 35.0 Å². The Kier molecular flexibility index (Phi) is 5.27. The number of hydrogen-bond acceptors (Lipinski definition) is 6. The fourth-order valence-electron chi connectivity index (χ4n) is 2.52. The Balaban J connectivity index is 2.22. The van der Waals surface area contributed by atoms with Crippen LogP contribution in [0.5, 0.6) is 11.5 Å². The maximum Gasteiger partial charge on any atom is 0.410 e. The van der Waals surface area contributed by atoms with Gasteiger partial charge in [0.15, 0.2) is 5.78 Å². The van der Waals surface area contributed by atoms with Gasteiger partial charge < -0.3 is 25.3 Å². The van der Waals surface area contributed by atoms with Crippen LogP contribution in [0.1, 0.15) is 37.6 Å². The molecule has 1 saturated heterocycles. The molecular weight excluding hydrogens is 348 g/mol. The summed E-state index contributed by atoms with van der Waals surface area (Å²) < 4.78 is 5.31. The number of nitrogens with one attached hydrogen (secondary N) is 1. The third-order valence-electron chi connectivity index (χ3n) is 3.77. The number of hydrogen-bond donors (Lipinski definition) is 3. The highest BCUT2D eigenvalue weighted by Crippen LogP contribution is 2.33. The molecule has 1 aromatic carbocycles. The quantitative estimate of drug-likeness (QED) is 0.694. The van der Waals surface area contributed by atoms with Crippen LogP contribution in [-0.2, 0) is 4.74 Å². The lowest BCUT2D eigenvalue weighted by molar-refractivity contribution is 0.0227. The van der Waals surface area contributed by atoms with Crippen molar-refractivity contribution in [2.75, 3.05) is 13.1 Å². The first-order valence-electron chi connectivity index (χ1n) is 7.80. The largest absolute Gasteiger partial charge is 0.507 e. The zero-order valence-corrected chi connectivity index (χ0v) is 15.1. The molecule has 136 valence electrons. The first-order valence-corrected chi connectivity index (χ1v) is 8.18. The molecule has 2 rings (SSSR count). The Hall–Kier alpha value is -2.28. The van der Waals surface area contributed by atoms with Gasteiger partial charge in [-0.05, 0) is 26.8 Å². The summed E-state index contributed by atoms with van der Waals surface area (Å²) in [4.78, 5) is 26.3. The number of benzene rings is 1. The van der Waals surface area contributed by atoms with Crippen LogP contribution in [0.4, 0.5) is 4.79 Å². The van der Waals surface area contributed by atoms with Crippen LogP contribution in [0.25, 0.3) is 0 Å². The predicted octanol–water partition coefficient (Wildman–Crippen LogP) is 3.21. The van der Waals surface area contributed by atoms with Gasteiger partial charge in [-0.3, -0.25) is 4.79 Å². The molecule has 3 N–H and O–H groups in total. The second kappa shape index (κ2) is 6.92. The highest BCUT2D eigenvalue weighted by atomic mass is 35.5. The Labute approximate surface area is 150 Å². The molecule has 7 nitrogen and oxygen atoms in total. The molecule has 8 heteroatoms. The lowest BCUT2D eigenvalue weighted by atomic mass is 9.88. The fraction of sp³-hybridized carbons (Fsp3) is 0.471. The Morgan fingerprint density at radius 3 is 2.52 bits per heavy atom. The van der Waals surface area contributed by atoms with Crippen LogP contribution in [0.2, 0.25) is 5.02 Å². The van der Waals surface area contributed by atoms with Crippen molar-refractivity contribution in [1.82, 2.24) is 4.90 Å². The van der Waals surface area contributed by atoms with E-state index in [2.05, 4.69) is 0 Å². The summed E-state index contributed by atoms with van der Waals surface area (Å²) in [6.45, 7) is 5.52. The predicted molar refractivity (Wildman–Crippen MR) is 92.8 cm³/mol. The summed E-state index contributed by atoms with van der Waals surface area (Å²) in [5.74, 6) is -2.19. The molecule has 0 bridgehead atoms. The van der Waals surface area contributed by atoms with E-state index in [0.717, 1.165) is 12.1 Å². The van der Waals surface area contributed by atoms with E-state index in [9.17, 15) is 19.8 Å². The van der Waals surface area contributed by atoms with Gasteiger partial charge in [-0.1, -0.05) is 11.6 Å². The molecule has 1 amide bonds. The van der Waals surface area contributed by atoms with Crippen molar-refractivity contribution < 1.29 is 24.5 Å². The number of carbonyl (C=O) groups is 2. The number of ketones is 1. The molecule has 0 aromatic heterocycles. The molecule has 1 fully saturated rings. The summed E-state index contributed by atoms with van der Waals surface area (Å²) in [6, 6.07) is 2.14. The minimum atomic E-state index is -0.896. The maximum atomic E-state index is 12.7. The van der Waals surface area contributed by atoms with E-state index in [1.807, 2.05) is 0 Å². The molecular formula is C17H21ClN2O5. The minimum absolute atomic E-state index is 0.00941. The molecule has 25 heavy (non-hydrogen) atoms. The normalized spacial score (nSPS) is 18.2. The smallest absolute Gasteiger partial charge is 0.410 e. The van der Waals surface area contributed by atoms with Gasteiger partial charge in [0.1, 0.15) is 17.1 Å². The highest BCUT2D eigenvalue weighted by molar-refractivity contribution is 6.32. The van der Waals surface area contributed by atoms with Gasteiger partial charge in [-0.15, -0.1) is 0 Å². The van der Waals surface area contributed by atoms with Crippen molar-refractivity contribution in [3.63, 3.8) is 0 Å². The van der Waals surface area contributed by atoms with E-state index >= 15 is 0 Å². The number of likely N-dealkylation sites (tertiary alicyclic amines) is 1. The molecule has 1 aromatic rings. The number of Topliss-reactive ketones (excluding diaryl/α,β-unsaturated/α-hetero) is 1. The van der Waals surface area contributed by atoms with Crippen molar-refractivity contribution >= 4 is 29.2 Å². The number of nitrogens with zero attached hydrogens (tertiary/aromatic N) is 1. The van der Waals surface area contributed by atoms with E-state index in [0.29, 0.717) is 6.54 Å². The van der Waals surface area contributed by atoms with E-state index < -0.39 is 29.1 Å². The summed E-state index contributed by atoms with van der Waals surface area (Å²) >= 11 is 5.81. The van der Waals surface area contributed by atoms with Gasteiger partial charge in [0.05, 0.1) is 16.5 Å². The number of phenolic OH excluding ortho intramolecular Hbond substituents is 2. The standard InChI is InChI=1S/C17H21ClN2O5/c1-17(2,3)25-16(24)20-5-4-12(19)10(8-20)15(23)9-6-11(18)14(22)7-13(9)21/h6-7,10,19,21-22H,4-5,8H2,1-3H3. The number of carbonyl (C=O) groups excluding carboxylic acids is 2. The summed E-state index contributed by atoms with van der Waals surface area (Å²) in [7, 11) is 0. The topological polar surface area (TPSA) is 111 Å². The van der Waals surface area contributed by atoms with Crippen molar-refractivity contribution in [1.29, 1.82) is 5.41 Å². The van der Waals surface area contributed by atoms with Gasteiger partial charge >= 0.3 is 6.09 Å². The zero-order valence-electron chi connectivity index (χ0n) is 14.3. The SMILES string of the molecule is CC(C)(C)OC(=O)N1CCC(=N)C(C(=O)c2cc(Cl)c(O)cc2O)C1. The van der Waals surface area contributed by atoms with Crippen LogP contribution in [0.3, 0.4) is 0 Å². The Morgan fingerprint density at radius 2 is 1.92 bits per heavy atom. The second-order valence-corrected chi connectivity index (χ2v) is 7.35. The third-order valence-corrected chi connectivity index (χ3v) is 4.08. The molecule has 1 atom stereocenters. The molecule has 0 aliphatic carbocycles. The number of aromatic hydroxyl groups is 2. The van der Waals surface area contributed by atoms with Crippen LogP contribution >= 0.6 is 11.6 Å². The molecule has 1 unspecified atom stereocenters. The van der Waals surface area contributed by atoms with Crippen LogP contribution in [0, 0.1) is 11.3 Å². The lowest BCUT2D eigenvalue weighted by Crippen LogP contribution is -2.48. The highest BCUT2D eigenvalue weighted by Gasteiger charge is 2.35. The third kappa shape index (κ3) is 4.42. The first-order chi connectivity index (χ1) is 11.5. The number of halogens is 1. The molecule has 1 heterocycles. The average molecular weight is 369 g/mol. The molecule has 0 radical (unpaired) electrons. The minimum Gasteiger partial charge on any atom is -0.507 e. The van der Waals surface area contributed by atoms with Gasteiger partial charge in [0.25, 0.3) is 0 Å². The van der Waals surface area contributed by atoms with E-state index in [1.54, 1.807) is 20.8 Å². The first kappa shape index (κ1) is 19.1. The van der Waals surface area contributed by atoms with Gasteiger partial charge in [-0.2, -0.15) is 0 Å². The molecule has 1 aliphatic rings. The number of phenols is 2. The van der Waals surface area contributed by atoms with Gasteiger partial charge in [0.2, 0.25) is 0 Å². The van der Waals surface area contributed by atoms with Crippen molar-refractivity contribution in [2.45, 2.75) is 32.8 Å². The van der Waals surface area contributed by atoms with E-state index in [1.165, 1.54) is 4.90 Å². The van der Waals surface area contributed by atoms with Crippen molar-refractivity contribution in [2.24, 2.45) is 5.92 Å². The average Bonchev–Trinajstić information content (AvgIpc) is 2.49. The Morgan fingerprint density at radius 1 is 1.28 bits per heavy atom. The van der Waals surface area contributed by atoms with Crippen molar-refractivity contribution in [3.8, 4) is 11.5 Å². The van der Waals surface area contributed by atoms with Crippen LogP contribution in [0.15, 0.2) is 12.1 Å². The van der Waals surface area contributed by atoms with Crippen LogP contribution < -0.4 is 0 Å². The molecule has 0 saturated carbocycles. The fourth-order valence-corrected chi connectivity index (χ4v) is 2.68. The van der Waals surface area contributed by atoms with Gasteiger partial charge in [0, 0.05) is 31.3 Å². The molecule has 1 aliphatic heterocycles. The summed E-state index contributed by atoms with van der Waals surface area (Å²) in [5, 5.41) is 27.4. The number of ether oxygens (including phenoxy) is 1. The Bertz CT molecular complexity index is 726. The zero-order chi connectivity index (χ0) is 18.9. The lowest BCUT2D eigenvalue weighted by Gasteiger charge is -2.34. The summed E-state index contributed by atoms with van der Waals surface area (Å²) in [6.07, 6.45) is -0.312. The van der Waals surface area contributed by atoms with Crippen molar-refractivity contribution in [3.05, 3.63) is 22.7 Å². The monoisotopic (exact) mass is 368 g/mol.